The van der Waals surface area contributed by atoms with Crippen LogP contribution in [0.15, 0.2) is 24.3 Å². The van der Waals surface area contributed by atoms with Crippen LogP contribution in [-0.2, 0) is 9.53 Å². The van der Waals surface area contributed by atoms with Gasteiger partial charge in [-0.15, -0.1) is 0 Å². The molecule has 3 rings (SSSR count). The van der Waals surface area contributed by atoms with E-state index in [2.05, 4.69) is 16.3 Å². The molecule has 2 heterocycles. The van der Waals surface area contributed by atoms with Crippen LogP contribution in [0.2, 0.25) is 0 Å². The summed E-state index contributed by atoms with van der Waals surface area (Å²) in [5, 5.41) is 3.02. The largest absolute Gasteiger partial charge is 0.376 e. The van der Waals surface area contributed by atoms with Crippen molar-refractivity contribution in [3.8, 4) is 0 Å². The molecule has 4 nitrogen and oxygen atoms in total. The van der Waals surface area contributed by atoms with Crippen molar-refractivity contribution in [2.45, 2.75) is 32.3 Å². The standard InChI is InChI=1S/C16H22N2O2/c1-12-10-18(11-13-6-4-5-9-20-13)15-8-3-2-7-14(15)17-16(12)19/h2-3,7-8,12-13H,4-6,9-11H2,1H3,(H,17,19). The summed E-state index contributed by atoms with van der Waals surface area (Å²) in [5.74, 6) is 0.0931. The molecular formula is C16H22N2O2. The van der Waals surface area contributed by atoms with Crippen LogP contribution in [0.5, 0.6) is 0 Å². The first-order valence-corrected chi connectivity index (χ1v) is 7.50. The van der Waals surface area contributed by atoms with Crippen molar-refractivity contribution in [3.63, 3.8) is 0 Å². The van der Waals surface area contributed by atoms with Crippen molar-refractivity contribution >= 4 is 17.3 Å². The minimum absolute atomic E-state index is 0.00834. The molecule has 1 aromatic rings. The van der Waals surface area contributed by atoms with E-state index in [1.54, 1.807) is 0 Å². The Labute approximate surface area is 120 Å². The number of hydrogen-bond donors (Lipinski definition) is 1. The maximum absolute atomic E-state index is 12.0. The summed E-state index contributed by atoms with van der Waals surface area (Å²) < 4.78 is 5.85. The monoisotopic (exact) mass is 274 g/mol. The minimum atomic E-state index is -0.00834. The first kappa shape index (κ1) is 13.4. The Kier molecular flexibility index (Phi) is 3.92. The second-order valence-electron chi connectivity index (χ2n) is 5.80. The van der Waals surface area contributed by atoms with E-state index in [4.69, 9.17) is 4.74 Å². The molecule has 20 heavy (non-hydrogen) atoms. The van der Waals surface area contributed by atoms with Crippen LogP contribution in [0, 0.1) is 5.92 Å². The van der Waals surface area contributed by atoms with E-state index < -0.39 is 0 Å². The summed E-state index contributed by atoms with van der Waals surface area (Å²) in [5.41, 5.74) is 2.03. The van der Waals surface area contributed by atoms with Crippen molar-refractivity contribution in [3.05, 3.63) is 24.3 Å². The molecule has 1 saturated heterocycles. The first-order chi connectivity index (χ1) is 9.74. The van der Waals surface area contributed by atoms with Crippen molar-refractivity contribution in [1.82, 2.24) is 0 Å². The Hall–Kier alpha value is -1.55. The molecule has 108 valence electrons. The van der Waals surface area contributed by atoms with E-state index in [9.17, 15) is 4.79 Å². The van der Waals surface area contributed by atoms with Gasteiger partial charge in [-0.05, 0) is 31.4 Å². The summed E-state index contributed by atoms with van der Waals surface area (Å²) in [6.45, 7) is 4.47. The molecule has 1 aromatic carbocycles. The molecule has 1 fully saturated rings. The second-order valence-corrected chi connectivity index (χ2v) is 5.80. The molecule has 0 bridgehead atoms. The van der Waals surface area contributed by atoms with E-state index in [0.717, 1.165) is 37.5 Å². The van der Waals surface area contributed by atoms with E-state index in [0.29, 0.717) is 0 Å². The average Bonchev–Trinajstić information content (AvgIpc) is 2.58. The minimum Gasteiger partial charge on any atom is -0.376 e. The third-order valence-electron chi connectivity index (χ3n) is 4.14. The van der Waals surface area contributed by atoms with Gasteiger partial charge in [0.05, 0.1) is 23.4 Å². The molecular weight excluding hydrogens is 252 g/mol. The van der Waals surface area contributed by atoms with Gasteiger partial charge < -0.3 is 15.0 Å². The predicted octanol–water partition coefficient (Wildman–Crippen LogP) is 2.65. The zero-order chi connectivity index (χ0) is 13.9. The van der Waals surface area contributed by atoms with E-state index in [1.807, 2.05) is 25.1 Å². The van der Waals surface area contributed by atoms with Gasteiger partial charge in [-0.1, -0.05) is 19.1 Å². The molecule has 0 spiro atoms. The number of carbonyl (C=O) groups is 1. The lowest BCUT2D eigenvalue weighted by Gasteiger charge is -2.31. The van der Waals surface area contributed by atoms with Gasteiger partial charge in [0.1, 0.15) is 0 Å². The quantitative estimate of drug-likeness (QED) is 0.901. The summed E-state index contributed by atoms with van der Waals surface area (Å²) >= 11 is 0. The number of nitrogens with zero attached hydrogens (tertiary/aromatic N) is 1. The third-order valence-corrected chi connectivity index (χ3v) is 4.14. The second kappa shape index (κ2) is 5.83. The van der Waals surface area contributed by atoms with Gasteiger partial charge in [0.2, 0.25) is 5.91 Å². The molecule has 4 heteroatoms. The normalized spacial score (nSPS) is 26.6. The highest BCUT2D eigenvalue weighted by molar-refractivity contribution is 5.97. The van der Waals surface area contributed by atoms with Crippen molar-refractivity contribution in [2.24, 2.45) is 5.92 Å². The van der Waals surface area contributed by atoms with Gasteiger partial charge in [0, 0.05) is 19.7 Å². The van der Waals surface area contributed by atoms with Crippen LogP contribution in [0.4, 0.5) is 11.4 Å². The number of nitrogens with one attached hydrogen (secondary N) is 1. The van der Waals surface area contributed by atoms with Crippen LogP contribution in [0.3, 0.4) is 0 Å². The van der Waals surface area contributed by atoms with Gasteiger partial charge in [-0.2, -0.15) is 0 Å². The number of anilines is 2. The summed E-state index contributed by atoms with van der Waals surface area (Å²) in [6, 6.07) is 8.04. The molecule has 0 radical (unpaired) electrons. The molecule has 0 aliphatic carbocycles. The Morgan fingerprint density at radius 2 is 2.20 bits per heavy atom. The van der Waals surface area contributed by atoms with Crippen molar-refractivity contribution in [1.29, 1.82) is 0 Å². The number of benzene rings is 1. The summed E-state index contributed by atoms with van der Waals surface area (Å²) in [4.78, 5) is 14.3. The highest BCUT2D eigenvalue weighted by atomic mass is 16.5. The number of amides is 1. The average molecular weight is 274 g/mol. The zero-order valence-electron chi connectivity index (χ0n) is 12.0. The number of hydrogen-bond acceptors (Lipinski definition) is 3. The fourth-order valence-electron chi connectivity index (χ4n) is 2.99. The van der Waals surface area contributed by atoms with Crippen molar-refractivity contribution in [2.75, 3.05) is 29.9 Å². The van der Waals surface area contributed by atoms with Gasteiger partial charge in [0.15, 0.2) is 0 Å². The van der Waals surface area contributed by atoms with E-state index in [1.165, 1.54) is 12.8 Å². The Bertz CT molecular complexity index is 483. The topological polar surface area (TPSA) is 41.6 Å². The molecule has 0 saturated carbocycles. The predicted molar refractivity (Wildman–Crippen MR) is 80.0 cm³/mol. The van der Waals surface area contributed by atoms with Gasteiger partial charge in [-0.25, -0.2) is 0 Å². The number of carbonyl (C=O) groups excluding carboxylic acids is 1. The fourth-order valence-corrected chi connectivity index (χ4v) is 2.99. The molecule has 0 aromatic heterocycles. The maximum atomic E-state index is 12.0. The number of fused-ring (bicyclic) bond motifs is 1. The summed E-state index contributed by atoms with van der Waals surface area (Å²) in [7, 11) is 0. The molecule has 2 aliphatic rings. The summed E-state index contributed by atoms with van der Waals surface area (Å²) in [6.07, 6.45) is 3.82. The molecule has 2 atom stereocenters. The lowest BCUT2D eigenvalue weighted by molar-refractivity contribution is -0.119. The highest BCUT2D eigenvalue weighted by Gasteiger charge is 2.27. The third kappa shape index (κ3) is 2.80. The fraction of sp³-hybridized carbons (Fsp3) is 0.562. The van der Waals surface area contributed by atoms with E-state index in [-0.39, 0.29) is 17.9 Å². The van der Waals surface area contributed by atoms with Crippen molar-refractivity contribution < 1.29 is 9.53 Å². The van der Waals surface area contributed by atoms with E-state index >= 15 is 0 Å². The van der Waals surface area contributed by atoms with Crippen LogP contribution < -0.4 is 10.2 Å². The molecule has 1 amide bonds. The van der Waals surface area contributed by atoms with Crippen LogP contribution in [0.1, 0.15) is 26.2 Å². The molecule has 2 aliphatic heterocycles. The number of rotatable bonds is 2. The lowest BCUT2D eigenvalue weighted by atomic mass is 10.1. The van der Waals surface area contributed by atoms with Gasteiger partial charge in [0.25, 0.3) is 0 Å². The smallest absolute Gasteiger partial charge is 0.229 e. The lowest BCUT2D eigenvalue weighted by Crippen LogP contribution is -2.38. The molecule has 1 N–H and O–H groups in total. The van der Waals surface area contributed by atoms with Gasteiger partial charge in [-0.3, -0.25) is 4.79 Å². The number of ether oxygens (including phenoxy) is 1. The van der Waals surface area contributed by atoms with Crippen LogP contribution in [-0.4, -0.2) is 31.7 Å². The zero-order valence-corrected chi connectivity index (χ0v) is 12.0. The first-order valence-electron chi connectivity index (χ1n) is 7.50. The maximum Gasteiger partial charge on any atom is 0.229 e. The van der Waals surface area contributed by atoms with Crippen LogP contribution in [0.25, 0.3) is 0 Å². The Morgan fingerprint density at radius 3 is 3.00 bits per heavy atom. The SMILES string of the molecule is CC1CN(CC2CCCCO2)c2ccccc2NC1=O. The van der Waals surface area contributed by atoms with Crippen LogP contribution >= 0.6 is 0 Å². The molecule has 2 unspecified atom stereocenters. The Balaban J connectivity index is 1.82. The number of para-hydroxylation sites is 2. The van der Waals surface area contributed by atoms with Gasteiger partial charge >= 0.3 is 0 Å². The highest BCUT2D eigenvalue weighted by Crippen LogP contribution is 2.30. The Morgan fingerprint density at radius 1 is 1.35 bits per heavy atom.